The van der Waals surface area contributed by atoms with Crippen LogP contribution in [0.3, 0.4) is 0 Å². The lowest BCUT2D eigenvalue weighted by atomic mass is 9.75. The maximum Gasteiger partial charge on any atom is 0.272 e. The Balaban J connectivity index is 1.53. The molecule has 3 atom stereocenters. The minimum atomic E-state index is 0.150. The number of nitrogens with zero attached hydrogens (tertiary/aromatic N) is 4. The molecular weight excluding hydrogens is 336 g/mol. The molecule has 0 unspecified atom stereocenters. The van der Waals surface area contributed by atoms with Crippen molar-refractivity contribution in [2.24, 2.45) is 13.0 Å². The summed E-state index contributed by atoms with van der Waals surface area (Å²) in [7, 11) is 1.88. The van der Waals surface area contributed by atoms with Crippen LogP contribution in [0.25, 0.3) is 0 Å². The third-order valence-electron chi connectivity index (χ3n) is 6.98. The Hall–Kier alpha value is -2.14. The van der Waals surface area contributed by atoms with Crippen LogP contribution in [-0.4, -0.2) is 57.2 Å². The van der Waals surface area contributed by atoms with Crippen LogP contribution in [-0.2, 0) is 7.05 Å². The van der Waals surface area contributed by atoms with Gasteiger partial charge in [-0.1, -0.05) is 29.8 Å². The molecule has 0 saturated carbocycles. The standard InChI is InChI=1S/C22H28N4O/c1-14-4-6-16(7-5-14)18-13-26(22(27)19-12-15(2)23-24(19)3)20-17-8-10-25(11-9-17)21(18)20/h4-7,12,17-18,20-21H,8-11,13H2,1-3H3/t18-,20+,21+/m0/s1. The zero-order valence-electron chi connectivity index (χ0n) is 16.4. The molecule has 1 aromatic carbocycles. The van der Waals surface area contributed by atoms with Gasteiger partial charge in [-0.2, -0.15) is 5.10 Å². The topological polar surface area (TPSA) is 41.4 Å². The number of benzene rings is 1. The van der Waals surface area contributed by atoms with Gasteiger partial charge in [0.25, 0.3) is 5.91 Å². The molecule has 4 aliphatic rings. The maximum absolute atomic E-state index is 13.5. The predicted octanol–water partition coefficient (Wildman–Crippen LogP) is 2.74. The van der Waals surface area contributed by atoms with E-state index in [4.69, 9.17) is 0 Å². The quantitative estimate of drug-likeness (QED) is 0.823. The summed E-state index contributed by atoms with van der Waals surface area (Å²) < 4.78 is 1.74. The molecule has 2 bridgehead atoms. The fraction of sp³-hybridized carbons (Fsp3) is 0.545. The van der Waals surface area contributed by atoms with E-state index in [1.54, 1.807) is 4.68 Å². The first-order valence-electron chi connectivity index (χ1n) is 10.1. The molecule has 0 aliphatic carbocycles. The highest BCUT2D eigenvalue weighted by atomic mass is 16.2. The average molecular weight is 364 g/mol. The number of aryl methyl sites for hydroxylation is 3. The van der Waals surface area contributed by atoms with Gasteiger partial charge in [0.15, 0.2) is 0 Å². The minimum absolute atomic E-state index is 0.150. The highest BCUT2D eigenvalue weighted by Crippen LogP contribution is 2.46. The van der Waals surface area contributed by atoms with Crippen LogP contribution in [0, 0.1) is 19.8 Å². The van der Waals surface area contributed by atoms with Gasteiger partial charge >= 0.3 is 0 Å². The molecule has 1 amide bonds. The summed E-state index contributed by atoms with van der Waals surface area (Å²) >= 11 is 0. The van der Waals surface area contributed by atoms with Gasteiger partial charge in [-0.3, -0.25) is 14.4 Å². The van der Waals surface area contributed by atoms with Gasteiger partial charge in [-0.25, -0.2) is 0 Å². The summed E-state index contributed by atoms with van der Waals surface area (Å²) in [5.74, 6) is 1.18. The fourth-order valence-corrected chi connectivity index (χ4v) is 5.72. The molecule has 0 radical (unpaired) electrons. The number of hydrogen-bond acceptors (Lipinski definition) is 3. The number of aromatic nitrogens is 2. The number of amides is 1. The fourth-order valence-electron chi connectivity index (χ4n) is 5.72. The van der Waals surface area contributed by atoms with Crippen molar-refractivity contribution in [3.05, 3.63) is 52.8 Å². The van der Waals surface area contributed by atoms with Crippen molar-refractivity contribution in [2.75, 3.05) is 19.6 Å². The maximum atomic E-state index is 13.5. The van der Waals surface area contributed by atoms with Crippen molar-refractivity contribution >= 4 is 5.91 Å². The molecule has 6 rings (SSSR count). The number of piperidine rings is 3. The molecule has 27 heavy (non-hydrogen) atoms. The van der Waals surface area contributed by atoms with Crippen LogP contribution in [0.1, 0.15) is 46.1 Å². The van der Waals surface area contributed by atoms with Crippen molar-refractivity contribution < 1.29 is 4.79 Å². The van der Waals surface area contributed by atoms with Gasteiger partial charge in [0, 0.05) is 25.6 Å². The summed E-state index contributed by atoms with van der Waals surface area (Å²) in [6.45, 7) is 7.26. The van der Waals surface area contributed by atoms with E-state index >= 15 is 0 Å². The molecule has 142 valence electrons. The normalized spacial score (nSPS) is 32.0. The average Bonchev–Trinajstić information content (AvgIpc) is 3.24. The van der Waals surface area contributed by atoms with Crippen molar-refractivity contribution in [1.29, 1.82) is 0 Å². The van der Waals surface area contributed by atoms with Gasteiger partial charge in [-0.15, -0.1) is 0 Å². The van der Waals surface area contributed by atoms with Crippen LogP contribution in [0.15, 0.2) is 30.3 Å². The zero-order valence-corrected chi connectivity index (χ0v) is 16.4. The Morgan fingerprint density at radius 1 is 1.07 bits per heavy atom. The number of fused-ring (bicyclic) bond motifs is 2. The summed E-state index contributed by atoms with van der Waals surface area (Å²) in [4.78, 5) is 18.3. The smallest absolute Gasteiger partial charge is 0.272 e. The second-order valence-corrected chi connectivity index (χ2v) is 8.62. The van der Waals surface area contributed by atoms with Gasteiger partial charge in [-0.05, 0) is 57.3 Å². The Labute approximate surface area is 161 Å². The molecule has 2 aromatic rings. The number of carbonyl (C=O) groups is 1. The predicted molar refractivity (Wildman–Crippen MR) is 105 cm³/mol. The van der Waals surface area contributed by atoms with E-state index in [2.05, 4.69) is 46.1 Å². The molecule has 4 fully saturated rings. The van der Waals surface area contributed by atoms with Crippen molar-refractivity contribution in [2.45, 2.75) is 44.7 Å². The van der Waals surface area contributed by atoms with Crippen LogP contribution in [0.4, 0.5) is 0 Å². The van der Waals surface area contributed by atoms with E-state index < -0.39 is 0 Å². The molecule has 4 aliphatic heterocycles. The second-order valence-electron chi connectivity index (χ2n) is 8.62. The summed E-state index contributed by atoms with van der Waals surface area (Å²) in [6, 6.07) is 11.7. The number of rotatable bonds is 2. The molecule has 1 aromatic heterocycles. The SMILES string of the molecule is Cc1ccc([C@@H]2CN(C(=O)c3cc(C)nn3C)[C@@H]3C4CCN(CC4)[C@@H]32)cc1. The summed E-state index contributed by atoms with van der Waals surface area (Å²) in [6.07, 6.45) is 2.44. The van der Waals surface area contributed by atoms with E-state index in [1.807, 2.05) is 20.0 Å². The van der Waals surface area contributed by atoms with Crippen LogP contribution in [0.5, 0.6) is 0 Å². The number of likely N-dealkylation sites (tertiary alicyclic amines) is 1. The van der Waals surface area contributed by atoms with Gasteiger partial charge in [0.1, 0.15) is 5.69 Å². The first kappa shape index (κ1) is 17.0. The highest BCUT2D eigenvalue weighted by molar-refractivity contribution is 5.93. The van der Waals surface area contributed by atoms with Gasteiger partial charge in [0.2, 0.25) is 0 Å². The molecular formula is C22H28N4O. The van der Waals surface area contributed by atoms with E-state index in [1.165, 1.54) is 37.1 Å². The van der Waals surface area contributed by atoms with E-state index in [-0.39, 0.29) is 5.91 Å². The van der Waals surface area contributed by atoms with Crippen molar-refractivity contribution in [3.63, 3.8) is 0 Å². The van der Waals surface area contributed by atoms with Crippen LogP contribution in [0.2, 0.25) is 0 Å². The van der Waals surface area contributed by atoms with E-state index in [9.17, 15) is 4.79 Å². The monoisotopic (exact) mass is 364 g/mol. The largest absolute Gasteiger partial charge is 0.332 e. The molecule has 5 nitrogen and oxygen atoms in total. The van der Waals surface area contributed by atoms with E-state index in [0.29, 0.717) is 29.6 Å². The third kappa shape index (κ3) is 2.63. The first-order chi connectivity index (χ1) is 13.0. The highest BCUT2D eigenvalue weighted by Gasteiger charge is 2.54. The molecule has 4 saturated heterocycles. The molecule has 5 heterocycles. The first-order valence-corrected chi connectivity index (χ1v) is 10.1. The Morgan fingerprint density at radius 3 is 2.41 bits per heavy atom. The zero-order chi connectivity index (χ0) is 18.7. The number of hydrogen-bond donors (Lipinski definition) is 0. The Bertz CT molecular complexity index is 863. The van der Waals surface area contributed by atoms with Crippen molar-refractivity contribution in [1.82, 2.24) is 19.6 Å². The minimum Gasteiger partial charge on any atom is -0.332 e. The van der Waals surface area contributed by atoms with Crippen molar-refractivity contribution in [3.8, 4) is 0 Å². The lowest BCUT2D eigenvalue weighted by Crippen LogP contribution is -2.60. The summed E-state index contributed by atoms with van der Waals surface area (Å²) in [5, 5.41) is 4.40. The molecule has 5 heteroatoms. The van der Waals surface area contributed by atoms with Gasteiger partial charge < -0.3 is 4.90 Å². The Kier molecular flexibility index (Phi) is 3.90. The third-order valence-corrected chi connectivity index (χ3v) is 6.98. The van der Waals surface area contributed by atoms with E-state index in [0.717, 1.165) is 12.2 Å². The van der Waals surface area contributed by atoms with Crippen LogP contribution < -0.4 is 0 Å². The summed E-state index contributed by atoms with van der Waals surface area (Å²) in [5.41, 5.74) is 4.28. The number of carbonyl (C=O) groups excluding carboxylic acids is 1. The molecule has 0 N–H and O–H groups in total. The lowest BCUT2D eigenvalue weighted by Gasteiger charge is -2.51. The molecule has 0 spiro atoms. The second kappa shape index (κ2) is 6.20. The lowest BCUT2D eigenvalue weighted by molar-refractivity contribution is -0.00372. The van der Waals surface area contributed by atoms with Crippen LogP contribution >= 0.6 is 0 Å². The van der Waals surface area contributed by atoms with Gasteiger partial charge in [0.05, 0.1) is 11.7 Å². The Morgan fingerprint density at radius 2 is 1.78 bits per heavy atom.